The maximum atomic E-state index is 9.21. The van der Waals surface area contributed by atoms with Crippen molar-refractivity contribution in [2.45, 2.75) is 12.8 Å². The van der Waals surface area contributed by atoms with Crippen LogP contribution in [-0.4, -0.2) is 31.3 Å². The van der Waals surface area contributed by atoms with Gasteiger partial charge in [0.2, 0.25) is 5.90 Å². The zero-order chi connectivity index (χ0) is 11.5. The van der Waals surface area contributed by atoms with E-state index in [1.165, 1.54) is 0 Å². The molecule has 4 nitrogen and oxygen atoms in total. The lowest BCUT2D eigenvalue weighted by atomic mass is 9.98. The first kappa shape index (κ1) is 11.0. The van der Waals surface area contributed by atoms with E-state index >= 15 is 0 Å². The van der Waals surface area contributed by atoms with E-state index in [1.54, 1.807) is 7.11 Å². The molecule has 0 fully saturated rings. The smallest absolute Gasteiger partial charge is 0.208 e. The quantitative estimate of drug-likeness (QED) is 0.800. The third-order valence-electron chi connectivity index (χ3n) is 2.77. The molecule has 0 amide bonds. The van der Waals surface area contributed by atoms with Crippen molar-refractivity contribution < 1.29 is 9.84 Å². The van der Waals surface area contributed by atoms with Crippen molar-refractivity contribution in [2.75, 3.05) is 25.6 Å². The number of anilines is 1. The Morgan fingerprint density at radius 2 is 2.38 bits per heavy atom. The predicted molar refractivity (Wildman–Crippen MR) is 64.5 cm³/mol. The summed E-state index contributed by atoms with van der Waals surface area (Å²) >= 11 is 0. The second kappa shape index (κ2) is 4.53. The first-order chi connectivity index (χ1) is 7.76. The monoisotopic (exact) mass is 220 g/mol. The van der Waals surface area contributed by atoms with Crippen molar-refractivity contribution in [3.8, 4) is 0 Å². The summed E-state index contributed by atoms with van der Waals surface area (Å²) in [6.45, 7) is 2.71. The minimum atomic E-state index is 0.0803. The van der Waals surface area contributed by atoms with Gasteiger partial charge < -0.3 is 15.2 Å². The molecular formula is C12H16N2O2. The van der Waals surface area contributed by atoms with E-state index in [4.69, 9.17) is 4.74 Å². The SMILES string of the molecule is COC1=Nc2c(cccc2C(C)CO)NC1. The molecule has 0 aliphatic carbocycles. The number of aliphatic hydroxyl groups excluding tert-OH is 1. The topological polar surface area (TPSA) is 53.9 Å². The molecule has 4 heteroatoms. The number of nitrogens with zero attached hydrogens (tertiary/aromatic N) is 1. The Hall–Kier alpha value is -1.55. The maximum Gasteiger partial charge on any atom is 0.208 e. The number of rotatable bonds is 2. The normalized spacial score (nSPS) is 15.8. The van der Waals surface area contributed by atoms with E-state index in [9.17, 15) is 5.11 Å². The standard InChI is InChI=1S/C12H16N2O2/c1-8(7-15)9-4-3-5-10-12(9)14-11(16-2)6-13-10/h3-5,8,13,15H,6-7H2,1-2H3. The van der Waals surface area contributed by atoms with Crippen LogP contribution in [0.5, 0.6) is 0 Å². The van der Waals surface area contributed by atoms with Crippen LogP contribution < -0.4 is 5.32 Å². The summed E-state index contributed by atoms with van der Waals surface area (Å²) in [7, 11) is 1.61. The highest BCUT2D eigenvalue weighted by atomic mass is 16.5. The number of hydrogen-bond acceptors (Lipinski definition) is 4. The van der Waals surface area contributed by atoms with Crippen LogP contribution in [0.2, 0.25) is 0 Å². The molecule has 0 saturated heterocycles. The van der Waals surface area contributed by atoms with E-state index in [2.05, 4.69) is 10.3 Å². The molecule has 0 bridgehead atoms. The van der Waals surface area contributed by atoms with Crippen LogP contribution in [0.4, 0.5) is 11.4 Å². The third-order valence-corrected chi connectivity index (χ3v) is 2.77. The van der Waals surface area contributed by atoms with Crippen LogP contribution in [-0.2, 0) is 4.74 Å². The molecule has 0 spiro atoms. The van der Waals surface area contributed by atoms with E-state index in [-0.39, 0.29) is 12.5 Å². The van der Waals surface area contributed by atoms with Crippen LogP contribution in [0, 0.1) is 0 Å². The van der Waals surface area contributed by atoms with Crippen LogP contribution >= 0.6 is 0 Å². The molecule has 0 aromatic heterocycles. The highest BCUT2D eigenvalue weighted by Gasteiger charge is 2.17. The van der Waals surface area contributed by atoms with Gasteiger partial charge in [0.15, 0.2) is 0 Å². The number of aliphatic imine (C=N–C) groups is 1. The zero-order valence-corrected chi connectivity index (χ0v) is 9.53. The van der Waals surface area contributed by atoms with E-state index in [0.717, 1.165) is 16.9 Å². The van der Waals surface area contributed by atoms with E-state index in [0.29, 0.717) is 12.4 Å². The molecule has 0 radical (unpaired) electrons. The average Bonchev–Trinajstić information content (AvgIpc) is 2.36. The summed E-state index contributed by atoms with van der Waals surface area (Å²) < 4.78 is 5.14. The number of ether oxygens (including phenoxy) is 1. The third kappa shape index (κ3) is 1.88. The van der Waals surface area contributed by atoms with Gasteiger partial charge in [-0.1, -0.05) is 19.1 Å². The number of para-hydroxylation sites is 1. The summed E-state index contributed by atoms with van der Waals surface area (Å²) in [5.41, 5.74) is 2.92. The molecule has 2 N–H and O–H groups in total. The maximum absolute atomic E-state index is 9.21. The fourth-order valence-corrected chi connectivity index (χ4v) is 1.78. The second-order valence-electron chi connectivity index (χ2n) is 3.89. The van der Waals surface area contributed by atoms with Gasteiger partial charge in [0.05, 0.1) is 25.0 Å². The lowest BCUT2D eigenvalue weighted by molar-refractivity contribution is 0.273. The fourth-order valence-electron chi connectivity index (χ4n) is 1.78. The van der Waals surface area contributed by atoms with Crippen molar-refractivity contribution in [3.05, 3.63) is 23.8 Å². The Morgan fingerprint density at radius 1 is 1.56 bits per heavy atom. The molecule has 1 aromatic carbocycles. The van der Waals surface area contributed by atoms with E-state index in [1.807, 2.05) is 25.1 Å². The van der Waals surface area contributed by atoms with Gasteiger partial charge in [-0.25, -0.2) is 4.99 Å². The predicted octanol–water partition coefficient (Wildman–Crippen LogP) is 1.88. The van der Waals surface area contributed by atoms with Gasteiger partial charge in [-0.05, 0) is 11.6 Å². The molecule has 2 rings (SSSR count). The number of nitrogens with one attached hydrogen (secondary N) is 1. The zero-order valence-electron chi connectivity index (χ0n) is 9.53. The molecule has 1 heterocycles. The van der Waals surface area contributed by atoms with Gasteiger partial charge in [-0.2, -0.15) is 0 Å². The molecule has 16 heavy (non-hydrogen) atoms. The van der Waals surface area contributed by atoms with Gasteiger partial charge in [0, 0.05) is 12.5 Å². The molecule has 1 atom stereocenters. The highest BCUT2D eigenvalue weighted by Crippen LogP contribution is 2.35. The summed E-state index contributed by atoms with van der Waals surface area (Å²) in [6.07, 6.45) is 0. The summed E-state index contributed by atoms with van der Waals surface area (Å²) in [5.74, 6) is 0.752. The number of aliphatic hydroxyl groups is 1. The van der Waals surface area contributed by atoms with Crippen LogP contribution in [0.1, 0.15) is 18.4 Å². The lowest BCUT2D eigenvalue weighted by Gasteiger charge is -2.21. The van der Waals surface area contributed by atoms with Crippen molar-refractivity contribution in [1.82, 2.24) is 0 Å². The lowest BCUT2D eigenvalue weighted by Crippen LogP contribution is -2.19. The fraction of sp³-hybridized carbons (Fsp3) is 0.417. The Bertz CT molecular complexity index is 415. The minimum Gasteiger partial charge on any atom is -0.483 e. The van der Waals surface area contributed by atoms with Crippen molar-refractivity contribution >= 4 is 17.3 Å². The van der Waals surface area contributed by atoms with Gasteiger partial charge in [0.1, 0.15) is 0 Å². The van der Waals surface area contributed by atoms with Crippen LogP contribution in [0.3, 0.4) is 0 Å². The molecule has 1 aliphatic rings. The highest BCUT2D eigenvalue weighted by molar-refractivity contribution is 5.90. The molecule has 1 unspecified atom stereocenters. The molecule has 0 saturated carbocycles. The molecule has 1 aliphatic heterocycles. The molecular weight excluding hydrogens is 204 g/mol. The van der Waals surface area contributed by atoms with Gasteiger partial charge in [0.25, 0.3) is 0 Å². The summed E-state index contributed by atoms with van der Waals surface area (Å²) in [5, 5.41) is 12.5. The minimum absolute atomic E-state index is 0.0803. The van der Waals surface area contributed by atoms with Gasteiger partial charge >= 0.3 is 0 Å². The summed E-state index contributed by atoms with van der Waals surface area (Å²) in [4.78, 5) is 4.45. The van der Waals surface area contributed by atoms with E-state index < -0.39 is 0 Å². The molecule has 1 aromatic rings. The van der Waals surface area contributed by atoms with Gasteiger partial charge in [-0.3, -0.25) is 0 Å². The average molecular weight is 220 g/mol. The number of methoxy groups -OCH3 is 1. The van der Waals surface area contributed by atoms with Crippen molar-refractivity contribution in [2.24, 2.45) is 4.99 Å². The summed E-state index contributed by atoms with van der Waals surface area (Å²) in [6, 6.07) is 5.95. The first-order valence-electron chi connectivity index (χ1n) is 5.35. The number of benzene rings is 1. The Kier molecular flexibility index (Phi) is 3.10. The van der Waals surface area contributed by atoms with Gasteiger partial charge in [-0.15, -0.1) is 0 Å². The number of fused-ring (bicyclic) bond motifs is 1. The largest absolute Gasteiger partial charge is 0.483 e. The van der Waals surface area contributed by atoms with Crippen LogP contribution in [0.25, 0.3) is 0 Å². The van der Waals surface area contributed by atoms with Crippen molar-refractivity contribution in [1.29, 1.82) is 0 Å². The Balaban J connectivity index is 2.47. The number of hydrogen-bond donors (Lipinski definition) is 2. The van der Waals surface area contributed by atoms with Crippen LogP contribution in [0.15, 0.2) is 23.2 Å². The Morgan fingerprint density at radius 3 is 3.06 bits per heavy atom. The van der Waals surface area contributed by atoms with Crippen molar-refractivity contribution in [3.63, 3.8) is 0 Å². The Labute approximate surface area is 95.0 Å². The second-order valence-corrected chi connectivity index (χ2v) is 3.89. The first-order valence-corrected chi connectivity index (χ1v) is 5.35. The molecule has 86 valence electrons.